The van der Waals surface area contributed by atoms with Crippen LogP contribution in [-0.4, -0.2) is 23.7 Å². The maximum Gasteiger partial charge on any atom is 0.303 e. The van der Waals surface area contributed by atoms with Crippen molar-refractivity contribution in [2.24, 2.45) is 0 Å². The van der Waals surface area contributed by atoms with Crippen LogP contribution < -0.4 is 5.32 Å². The van der Waals surface area contributed by atoms with E-state index in [1.807, 2.05) is 0 Å². The highest BCUT2D eigenvalue weighted by atomic mass is 16.4. The molecule has 83 valence electrons. The molecule has 1 unspecified atom stereocenters. The molecule has 0 heterocycles. The van der Waals surface area contributed by atoms with Crippen LogP contribution in [0.2, 0.25) is 0 Å². The molecule has 0 aliphatic carbocycles. The molecule has 0 amide bonds. The molecule has 0 saturated heterocycles. The lowest BCUT2D eigenvalue weighted by Crippen LogP contribution is -2.26. The van der Waals surface area contributed by atoms with Crippen molar-refractivity contribution < 1.29 is 9.90 Å². The van der Waals surface area contributed by atoms with Crippen LogP contribution >= 0.6 is 0 Å². The summed E-state index contributed by atoms with van der Waals surface area (Å²) < 4.78 is 0. The number of nitrogens with one attached hydrogen (secondary N) is 1. The Morgan fingerprint density at radius 3 is 2.71 bits per heavy atom. The normalized spacial score (nSPS) is 12.7. The SMILES string of the molecule is [CH2]CCC(C)NCCCCCC(=O)O. The molecule has 14 heavy (non-hydrogen) atoms. The van der Waals surface area contributed by atoms with Crippen molar-refractivity contribution in [2.75, 3.05) is 6.54 Å². The molecule has 1 radical (unpaired) electrons. The Morgan fingerprint density at radius 1 is 1.43 bits per heavy atom. The van der Waals surface area contributed by atoms with Crippen molar-refractivity contribution in [1.29, 1.82) is 0 Å². The van der Waals surface area contributed by atoms with Gasteiger partial charge in [0.2, 0.25) is 0 Å². The summed E-state index contributed by atoms with van der Waals surface area (Å²) >= 11 is 0. The number of unbranched alkanes of at least 4 members (excludes halogenated alkanes) is 2. The summed E-state index contributed by atoms with van der Waals surface area (Å²) in [5.74, 6) is -0.691. The number of rotatable bonds is 9. The lowest BCUT2D eigenvalue weighted by atomic mass is 10.1. The zero-order valence-corrected chi connectivity index (χ0v) is 9.09. The van der Waals surface area contributed by atoms with Gasteiger partial charge in [0.25, 0.3) is 0 Å². The first-order valence-corrected chi connectivity index (χ1v) is 5.41. The van der Waals surface area contributed by atoms with Gasteiger partial charge < -0.3 is 10.4 Å². The fourth-order valence-corrected chi connectivity index (χ4v) is 1.33. The quantitative estimate of drug-likeness (QED) is 0.561. The average molecular weight is 200 g/mol. The summed E-state index contributed by atoms with van der Waals surface area (Å²) in [5, 5.41) is 11.8. The number of carboxylic acids is 1. The molecule has 3 heteroatoms. The van der Waals surface area contributed by atoms with Gasteiger partial charge in [-0.15, -0.1) is 0 Å². The van der Waals surface area contributed by atoms with Crippen molar-refractivity contribution in [3.05, 3.63) is 6.92 Å². The van der Waals surface area contributed by atoms with Crippen LogP contribution in [0.25, 0.3) is 0 Å². The lowest BCUT2D eigenvalue weighted by Gasteiger charge is -2.11. The van der Waals surface area contributed by atoms with Gasteiger partial charge in [0.1, 0.15) is 0 Å². The van der Waals surface area contributed by atoms with Gasteiger partial charge in [-0.1, -0.05) is 19.8 Å². The zero-order chi connectivity index (χ0) is 10.8. The van der Waals surface area contributed by atoms with Crippen LogP contribution in [0, 0.1) is 6.92 Å². The molecule has 0 bridgehead atoms. The van der Waals surface area contributed by atoms with E-state index in [9.17, 15) is 4.79 Å². The molecule has 1 atom stereocenters. The molecular formula is C11H22NO2. The van der Waals surface area contributed by atoms with Crippen LogP contribution in [0.15, 0.2) is 0 Å². The second-order valence-electron chi connectivity index (χ2n) is 3.70. The van der Waals surface area contributed by atoms with Gasteiger partial charge in [0, 0.05) is 12.5 Å². The zero-order valence-electron chi connectivity index (χ0n) is 9.09. The number of aliphatic carboxylic acids is 1. The first kappa shape index (κ1) is 13.4. The van der Waals surface area contributed by atoms with Crippen molar-refractivity contribution in [1.82, 2.24) is 5.32 Å². The second kappa shape index (κ2) is 9.00. The van der Waals surface area contributed by atoms with Crippen molar-refractivity contribution in [3.63, 3.8) is 0 Å². The summed E-state index contributed by atoms with van der Waals surface area (Å²) in [6, 6.07) is 0.534. The van der Waals surface area contributed by atoms with E-state index in [1.165, 1.54) is 0 Å². The van der Waals surface area contributed by atoms with E-state index in [-0.39, 0.29) is 0 Å². The second-order valence-corrected chi connectivity index (χ2v) is 3.70. The van der Waals surface area contributed by atoms with E-state index in [0.717, 1.165) is 38.6 Å². The van der Waals surface area contributed by atoms with E-state index in [4.69, 9.17) is 5.11 Å². The number of hydrogen-bond acceptors (Lipinski definition) is 2. The van der Waals surface area contributed by atoms with Gasteiger partial charge in [-0.3, -0.25) is 4.79 Å². The summed E-state index contributed by atoms with van der Waals surface area (Å²) in [6.07, 6.45) is 5.22. The molecule has 0 saturated carbocycles. The summed E-state index contributed by atoms with van der Waals surface area (Å²) in [7, 11) is 0. The average Bonchev–Trinajstić information content (AvgIpc) is 2.11. The topological polar surface area (TPSA) is 49.3 Å². The lowest BCUT2D eigenvalue weighted by molar-refractivity contribution is -0.137. The van der Waals surface area contributed by atoms with Crippen molar-refractivity contribution in [2.45, 2.75) is 51.5 Å². The van der Waals surface area contributed by atoms with Crippen molar-refractivity contribution >= 4 is 5.97 Å². The molecule has 0 aromatic carbocycles. The minimum Gasteiger partial charge on any atom is -0.481 e. The van der Waals surface area contributed by atoms with Crippen LogP contribution in [0.1, 0.15) is 45.4 Å². The van der Waals surface area contributed by atoms with Gasteiger partial charge in [0.15, 0.2) is 0 Å². The molecule has 0 aliphatic rings. The molecule has 0 aromatic heterocycles. The summed E-state index contributed by atoms with van der Waals surface area (Å²) in [5.41, 5.74) is 0. The maximum atomic E-state index is 10.2. The molecule has 0 aliphatic heterocycles. The predicted molar refractivity (Wildman–Crippen MR) is 58.2 cm³/mol. The predicted octanol–water partition coefficient (Wildman–Crippen LogP) is 2.22. The molecular weight excluding hydrogens is 178 g/mol. The van der Waals surface area contributed by atoms with E-state index >= 15 is 0 Å². The van der Waals surface area contributed by atoms with Crippen LogP contribution in [0.4, 0.5) is 0 Å². The van der Waals surface area contributed by atoms with Gasteiger partial charge in [-0.2, -0.15) is 0 Å². The summed E-state index contributed by atoms with van der Waals surface area (Å²) in [6.45, 7) is 6.94. The largest absolute Gasteiger partial charge is 0.481 e. The van der Waals surface area contributed by atoms with Gasteiger partial charge in [-0.25, -0.2) is 0 Å². The smallest absolute Gasteiger partial charge is 0.303 e. The van der Waals surface area contributed by atoms with Crippen LogP contribution in [-0.2, 0) is 4.79 Å². The monoisotopic (exact) mass is 200 g/mol. The minimum atomic E-state index is -0.691. The van der Waals surface area contributed by atoms with Crippen molar-refractivity contribution in [3.8, 4) is 0 Å². The third-order valence-electron chi connectivity index (χ3n) is 2.20. The van der Waals surface area contributed by atoms with Crippen LogP contribution in [0.5, 0.6) is 0 Å². The molecule has 3 nitrogen and oxygen atoms in total. The Balaban J connectivity index is 3.09. The third kappa shape index (κ3) is 9.52. The van der Waals surface area contributed by atoms with E-state index in [1.54, 1.807) is 0 Å². The fraction of sp³-hybridized carbons (Fsp3) is 0.818. The van der Waals surface area contributed by atoms with E-state index in [2.05, 4.69) is 19.2 Å². The Labute approximate surface area is 86.9 Å². The highest BCUT2D eigenvalue weighted by Crippen LogP contribution is 2.00. The highest BCUT2D eigenvalue weighted by Gasteiger charge is 1.99. The Bertz CT molecular complexity index is 148. The van der Waals surface area contributed by atoms with E-state index in [0.29, 0.717) is 12.5 Å². The van der Waals surface area contributed by atoms with Gasteiger partial charge in [-0.05, 0) is 32.7 Å². The Hall–Kier alpha value is -0.570. The number of hydrogen-bond donors (Lipinski definition) is 2. The molecule has 0 fully saturated rings. The Morgan fingerprint density at radius 2 is 2.14 bits per heavy atom. The molecule has 0 spiro atoms. The highest BCUT2D eigenvalue weighted by molar-refractivity contribution is 5.66. The molecule has 0 rings (SSSR count). The fourth-order valence-electron chi connectivity index (χ4n) is 1.33. The van der Waals surface area contributed by atoms with Gasteiger partial charge in [0.05, 0.1) is 0 Å². The molecule has 0 aromatic rings. The first-order chi connectivity index (χ1) is 6.66. The van der Waals surface area contributed by atoms with Gasteiger partial charge >= 0.3 is 5.97 Å². The minimum absolute atomic E-state index is 0.300. The third-order valence-corrected chi connectivity index (χ3v) is 2.20. The Kier molecular flexibility index (Phi) is 8.64. The van der Waals surface area contributed by atoms with E-state index < -0.39 is 5.97 Å². The first-order valence-electron chi connectivity index (χ1n) is 5.41. The standard InChI is InChI=1S/C11H22NO2/c1-3-7-10(2)12-9-6-4-5-8-11(13)14/h10,12H,1,3-9H2,2H3,(H,13,14). The maximum absolute atomic E-state index is 10.2. The molecule has 2 N–H and O–H groups in total. The van der Waals surface area contributed by atoms with Crippen LogP contribution in [0.3, 0.4) is 0 Å². The summed E-state index contributed by atoms with van der Waals surface area (Å²) in [4.78, 5) is 10.2. The number of carboxylic acid groups (broad SMARTS) is 1. The number of carbonyl (C=O) groups is 1.